The van der Waals surface area contributed by atoms with Crippen molar-refractivity contribution in [2.75, 3.05) is 0 Å². The molecule has 0 bridgehead atoms. The van der Waals surface area contributed by atoms with Crippen LogP contribution in [0.15, 0.2) is 5.38 Å². The van der Waals surface area contributed by atoms with Crippen LogP contribution in [0.3, 0.4) is 0 Å². The lowest BCUT2D eigenvalue weighted by Gasteiger charge is -2.07. The molecule has 4 nitrogen and oxygen atoms in total. The largest absolute Gasteiger partial charge is 0.494 e. The molecule has 0 atom stereocenters. The van der Waals surface area contributed by atoms with Crippen LogP contribution in [0.1, 0.15) is 39.5 Å². The third-order valence-electron chi connectivity index (χ3n) is 2.39. The number of carbonyl (C=O) groups excluding carboxylic acids is 1. The predicted molar refractivity (Wildman–Crippen MR) is 74.5 cm³/mol. The van der Waals surface area contributed by atoms with Gasteiger partial charge in [0.2, 0.25) is 5.88 Å². The van der Waals surface area contributed by atoms with E-state index in [-0.39, 0.29) is 18.0 Å². The fourth-order valence-corrected chi connectivity index (χ4v) is 2.54. The minimum atomic E-state index is -0.139. The molecule has 0 aliphatic carbocycles. The molecule has 0 saturated heterocycles. The van der Waals surface area contributed by atoms with Gasteiger partial charge in [-0.3, -0.25) is 9.36 Å². The normalized spacial score (nSPS) is 10.8. The first-order valence-electron chi connectivity index (χ1n) is 6.07. The molecule has 0 spiro atoms. The number of hydrogen-bond donors (Lipinski definition) is 1. The molecule has 1 heterocycles. The Morgan fingerprint density at radius 3 is 2.78 bits per heavy atom. The number of thiazole rings is 1. The topological polar surface area (TPSA) is 51.5 Å². The molecule has 102 valence electrons. The van der Waals surface area contributed by atoms with E-state index in [0.717, 1.165) is 19.3 Å². The molecular weight excluding hydrogens is 270 g/mol. The van der Waals surface area contributed by atoms with Gasteiger partial charge < -0.3 is 9.84 Å². The third-order valence-corrected chi connectivity index (χ3v) is 3.65. The van der Waals surface area contributed by atoms with Crippen LogP contribution in [0.4, 0.5) is 0 Å². The van der Waals surface area contributed by atoms with E-state index in [4.69, 9.17) is 17.0 Å². The van der Waals surface area contributed by atoms with Crippen molar-refractivity contribution in [1.29, 1.82) is 0 Å². The summed E-state index contributed by atoms with van der Waals surface area (Å²) < 4.78 is 7.44. The number of ether oxygens (including phenoxy) is 1. The summed E-state index contributed by atoms with van der Waals surface area (Å²) in [5.74, 6) is 0.0872. The summed E-state index contributed by atoms with van der Waals surface area (Å²) in [5, 5.41) is 11.1. The van der Waals surface area contributed by atoms with Crippen LogP contribution < -0.4 is 0 Å². The van der Waals surface area contributed by atoms with Crippen LogP contribution in [-0.4, -0.2) is 21.7 Å². The first-order chi connectivity index (χ1) is 8.50. The van der Waals surface area contributed by atoms with Crippen molar-refractivity contribution in [3.05, 3.63) is 9.33 Å². The lowest BCUT2D eigenvalue weighted by atomic mass is 10.2. The molecule has 1 aromatic heterocycles. The Kier molecular flexibility index (Phi) is 6.35. The Hall–Kier alpha value is -0.880. The van der Waals surface area contributed by atoms with Crippen molar-refractivity contribution >= 4 is 29.5 Å². The zero-order valence-corrected chi connectivity index (χ0v) is 12.4. The van der Waals surface area contributed by atoms with Gasteiger partial charge in [0.1, 0.15) is 0 Å². The lowest BCUT2D eigenvalue weighted by molar-refractivity contribution is -0.147. The second-order valence-electron chi connectivity index (χ2n) is 4.36. The van der Waals surface area contributed by atoms with Crippen LogP contribution in [-0.2, 0) is 16.1 Å². The monoisotopic (exact) mass is 289 g/mol. The number of carbonyl (C=O) groups is 1. The van der Waals surface area contributed by atoms with Crippen molar-refractivity contribution in [3.63, 3.8) is 0 Å². The first-order valence-corrected chi connectivity index (χ1v) is 7.36. The molecule has 0 radical (unpaired) electrons. The maximum atomic E-state index is 11.3. The van der Waals surface area contributed by atoms with Gasteiger partial charge in [0.05, 0.1) is 11.5 Å². The van der Waals surface area contributed by atoms with Crippen molar-refractivity contribution < 1.29 is 14.6 Å². The Balaban J connectivity index is 2.16. The van der Waals surface area contributed by atoms with Gasteiger partial charge in [-0.2, -0.15) is 0 Å². The summed E-state index contributed by atoms with van der Waals surface area (Å²) in [6, 6.07) is 0. The van der Waals surface area contributed by atoms with Gasteiger partial charge in [0.25, 0.3) is 0 Å². The van der Waals surface area contributed by atoms with Gasteiger partial charge in [0.15, 0.2) is 3.95 Å². The predicted octanol–water partition coefficient (Wildman–Crippen LogP) is 3.50. The highest BCUT2D eigenvalue weighted by Crippen LogP contribution is 2.18. The molecule has 0 aliphatic heterocycles. The molecule has 0 amide bonds. The fourth-order valence-electron chi connectivity index (χ4n) is 1.57. The summed E-state index contributed by atoms with van der Waals surface area (Å²) in [6.07, 6.45) is 3.04. The average Bonchev–Trinajstić information content (AvgIpc) is 2.58. The first kappa shape index (κ1) is 15.2. The number of aromatic nitrogens is 1. The Morgan fingerprint density at radius 2 is 2.22 bits per heavy atom. The maximum absolute atomic E-state index is 11.3. The van der Waals surface area contributed by atoms with E-state index in [1.807, 2.05) is 13.8 Å². The lowest BCUT2D eigenvalue weighted by Crippen LogP contribution is -2.10. The van der Waals surface area contributed by atoms with Crippen molar-refractivity contribution in [1.82, 2.24) is 4.57 Å². The van der Waals surface area contributed by atoms with Crippen LogP contribution in [0.2, 0.25) is 0 Å². The molecule has 0 unspecified atom stereocenters. The van der Waals surface area contributed by atoms with Crippen LogP contribution in [0.25, 0.3) is 0 Å². The van der Waals surface area contributed by atoms with Crippen molar-refractivity contribution in [2.45, 2.75) is 52.2 Å². The second-order valence-corrected chi connectivity index (χ2v) is 5.86. The quantitative estimate of drug-likeness (QED) is 0.474. The minimum absolute atomic E-state index is 0.0430. The summed E-state index contributed by atoms with van der Waals surface area (Å²) in [6.45, 7) is 4.39. The molecule has 0 saturated carbocycles. The molecule has 0 aliphatic rings. The Bertz CT molecular complexity index is 437. The SMILES string of the molecule is CC(C)OC(=O)CCCCCn1c(O)csc1=S. The van der Waals surface area contributed by atoms with E-state index in [2.05, 4.69) is 0 Å². The fraction of sp³-hybridized carbons (Fsp3) is 0.667. The third kappa shape index (κ3) is 5.18. The van der Waals surface area contributed by atoms with Gasteiger partial charge in [-0.25, -0.2) is 0 Å². The second kappa shape index (κ2) is 7.53. The number of rotatable bonds is 7. The van der Waals surface area contributed by atoms with E-state index in [1.54, 1.807) is 9.95 Å². The number of hydrogen-bond acceptors (Lipinski definition) is 5. The highest BCUT2D eigenvalue weighted by Gasteiger charge is 2.05. The molecular formula is C12H19NO3S2. The van der Waals surface area contributed by atoms with Gasteiger partial charge in [0, 0.05) is 13.0 Å². The summed E-state index contributed by atoms with van der Waals surface area (Å²) in [4.78, 5) is 11.3. The molecule has 0 fully saturated rings. The van der Waals surface area contributed by atoms with E-state index in [1.165, 1.54) is 11.3 Å². The standard InChI is InChI=1S/C12H19NO3S2/c1-9(2)16-11(15)6-4-3-5-7-13-10(14)8-18-12(13)17/h8-9,14H,3-7H2,1-2H3. The Morgan fingerprint density at radius 1 is 1.50 bits per heavy atom. The molecule has 0 aromatic carbocycles. The zero-order valence-electron chi connectivity index (χ0n) is 10.7. The average molecular weight is 289 g/mol. The molecule has 1 N–H and O–H groups in total. The van der Waals surface area contributed by atoms with Gasteiger partial charge in [-0.05, 0) is 38.9 Å². The van der Waals surface area contributed by atoms with E-state index in [9.17, 15) is 9.90 Å². The van der Waals surface area contributed by atoms with Gasteiger partial charge >= 0.3 is 5.97 Å². The van der Waals surface area contributed by atoms with Gasteiger partial charge in [-0.15, -0.1) is 11.3 Å². The number of nitrogens with zero attached hydrogens (tertiary/aromatic N) is 1. The molecule has 1 aromatic rings. The summed E-state index contributed by atoms with van der Waals surface area (Å²) in [5.41, 5.74) is 0. The summed E-state index contributed by atoms with van der Waals surface area (Å²) in [7, 11) is 0. The van der Waals surface area contributed by atoms with Crippen LogP contribution in [0, 0.1) is 3.95 Å². The summed E-state index contributed by atoms with van der Waals surface area (Å²) >= 11 is 6.45. The zero-order chi connectivity index (χ0) is 13.5. The smallest absolute Gasteiger partial charge is 0.306 e. The van der Waals surface area contributed by atoms with Crippen molar-refractivity contribution in [3.8, 4) is 5.88 Å². The highest BCUT2D eigenvalue weighted by molar-refractivity contribution is 7.73. The van der Waals surface area contributed by atoms with Crippen molar-refractivity contribution in [2.24, 2.45) is 0 Å². The highest BCUT2D eigenvalue weighted by atomic mass is 32.1. The van der Waals surface area contributed by atoms with Crippen LogP contribution in [0.5, 0.6) is 5.88 Å². The molecule has 1 rings (SSSR count). The molecule has 6 heteroatoms. The van der Waals surface area contributed by atoms with E-state index >= 15 is 0 Å². The number of unbranched alkanes of at least 4 members (excludes halogenated alkanes) is 2. The van der Waals surface area contributed by atoms with E-state index in [0.29, 0.717) is 16.9 Å². The van der Waals surface area contributed by atoms with Crippen LogP contribution >= 0.6 is 23.6 Å². The van der Waals surface area contributed by atoms with E-state index < -0.39 is 0 Å². The van der Waals surface area contributed by atoms with Gasteiger partial charge in [-0.1, -0.05) is 6.42 Å². The maximum Gasteiger partial charge on any atom is 0.306 e. The number of esters is 1. The Labute approximate surface area is 116 Å². The number of aromatic hydroxyl groups is 1. The molecule has 18 heavy (non-hydrogen) atoms. The minimum Gasteiger partial charge on any atom is -0.494 e.